The summed E-state index contributed by atoms with van der Waals surface area (Å²) >= 11 is 0. The van der Waals surface area contributed by atoms with Gasteiger partial charge in [0.15, 0.2) is 0 Å². The van der Waals surface area contributed by atoms with Gasteiger partial charge < -0.3 is 20.4 Å². The molecule has 8 heteroatoms. The zero-order valence-corrected chi connectivity index (χ0v) is 16.1. The van der Waals surface area contributed by atoms with E-state index in [4.69, 9.17) is 20.4 Å². The molecule has 3 rings (SSSR count). The Balaban J connectivity index is 0.000000233. The molecule has 31 heavy (non-hydrogen) atoms. The highest BCUT2D eigenvalue weighted by Crippen LogP contribution is 2.27. The molecule has 4 N–H and O–H groups in total. The Morgan fingerprint density at radius 3 is 1.26 bits per heavy atom. The fraction of sp³-hybridized carbons (Fsp3) is 0.0435. The first kappa shape index (κ1) is 22.8. The fourth-order valence-corrected chi connectivity index (χ4v) is 2.85. The molecule has 158 valence electrons. The van der Waals surface area contributed by atoms with E-state index >= 15 is 0 Å². The van der Waals surface area contributed by atoms with Crippen molar-refractivity contribution >= 4 is 23.9 Å². The van der Waals surface area contributed by atoms with Crippen LogP contribution < -0.4 is 0 Å². The molecule has 0 aliphatic rings. The molecule has 0 aliphatic heterocycles. The number of carboxylic acid groups (broad SMARTS) is 4. The van der Waals surface area contributed by atoms with Crippen molar-refractivity contribution in [1.82, 2.24) is 0 Å². The molecule has 0 heterocycles. The Kier molecular flexibility index (Phi) is 7.62. The first-order chi connectivity index (χ1) is 14.7. The normalized spacial score (nSPS) is 9.81. The second-order valence-corrected chi connectivity index (χ2v) is 6.23. The smallest absolute Gasteiger partial charge is 0.336 e. The van der Waals surface area contributed by atoms with Crippen molar-refractivity contribution in [3.05, 3.63) is 95.1 Å². The van der Waals surface area contributed by atoms with Crippen molar-refractivity contribution in [2.24, 2.45) is 0 Å². The van der Waals surface area contributed by atoms with Crippen molar-refractivity contribution in [3.63, 3.8) is 0 Å². The molecule has 0 aliphatic carbocycles. The van der Waals surface area contributed by atoms with Gasteiger partial charge in [-0.05, 0) is 34.9 Å². The number of aromatic carboxylic acids is 3. The molecule has 0 fully saturated rings. The first-order valence-electron chi connectivity index (χ1n) is 8.90. The third kappa shape index (κ3) is 6.01. The van der Waals surface area contributed by atoms with Crippen LogP contribution in [0.5, 0.6) is 0 Å². The quantitative estimate of drug-likeness (QED) is 0.469. The van der Waals surface area contributed by atoms with Crippen LogP contribution in [0.3, 0.4) is 0 Å². The summed E-state index contributed by atoms with van der Waals surface area (Å²) in [6, 6.07) is 18.8. The Hall–Kier alpha value is -4.46. The molecule has 0 radical (unpaired) electrons. The van der Waals surface area contributed by atoms with E-state index in [0.717, 1.165) is 0 Å². The summed E-state index contributed by atoms with van der Waals surface area (Å²) in [5.74, 6) is -4.29. The summed E-state index contributed by atoms with van der Waals surface area (Å²) in [6.45, 7) is 0. The van der Waals surface area contributed by atoms with Gasteiger partial charge in [-0.2, -0.15) is 0 Å². The lowest BCUT2D eigenvalue weighted by Gasteiger charge is -2.08. The summed E-state index contributed by atoms with van der Waals surface area (Å²) < 4.78 is 0. The molecule has 0 bridgehead atoms. The van der Waals surface area contributed by atoms with E-state index in [1.54, 1.807) is 48.5 Å². The molecule has 0 spiro atoms. The molecule has 3 aromatic rings. The summed E-state index contributed by atoms with van der Waals surface area (Å²) in [7, 11) is 0. The largest absolute Gasteiger partial charge is 0.481 e. The van der Waals surface area contributed by atoms with Gasteiger partial charge in [0.05, 0.1) is 23.1 Å². The van der Waals surface area contributed by atoms with Crippen LogP contribution in [0, 0.1) is 0 Å². The van der Waals surface area contributed by atoms with Crippen LogP contribution in [0.1, 0.15) is 36.6 Å². The number of carboxylic acids is 4. The zero-order chi connectivity index (χ0) is 23.0. The van der Waals surface area contributed by atoms with Gasteiger partial charge in [-0.3, -0.25) is 4.79 Å². The van der Waals surface area contributed by atoms with Crippen LogP contribution in [-0.2, 0) is 11.2 Å². The highest BCUT2D eigenvalue weighted by Gasteiger charge is 2.16. The molecular formula is C23H18O8. The number of hydrogen-bond donors (Lipinski definition) is 4. The van der Waals surface area contributed by atoms with Gasteiger partial charge in [-0.1, -0.05) is 54.6 Å². The minimum atomic E-state index is -1.10. The maximum atomic E-state index is 11.1. The van der Waals surface area contributed by atoms with Crippen molar-refractivity contribution in [3.8, 4) is 11.1 Å². The zero-order valence-electron chi connectivity index (χ0n) is 16.1. The second kappa shape index (κ2) is 10.4. The first-order valence-corrected chi connectivity index (χ1v) is 8.90. The van der Waals surface area contributed by atoms with Crippen molar-refractivity contribution in [1.29, 1.82) is 0 Å². The molecule has 0 saturated heterocycles. The van der Waals surface area contributed by atoms with E-state index in [-0.39, 0.29) is 23.1 Å². The standard InChI is InChI=1S/C14H10O4.C9H8O4/c15-13(16)11-7-3-1-5-9(11)10-6-2-4-8-12(10)14(17)18;10-8(11)5-6-3-1-2-4-7(6)9(12)13/h1-8H,(H,15,16)(H,17,18);1-4H,5H2,(H,10,11)(H,12,13). The molecule has 3 aromatic carbocycles. The third-order valence-electron chi connectivity index (χ3n) is 4.19. The van der Waals surface area contributed by atoms with E-state index in [1.165, 1.54) is 24.3 Å². The number of aliphatic carboxylic acids is 1. The van der Waals surface area contributed by atoms with E-state index in [2.05, 4.69) is 0 Å². The van der Waals surface area contributed by atoms with Crippen molar-refractivity contribution in [2.75, 3.05) is 0 Å². The van der Waals surface area contributed by atoms with Gasteiger partial charge in [-0.25, -0.2) is 14.4 Å². The number of hydrogen-bond acceptors (Lipinski definition) is 4. The summed E-state index contributed by atoms with van der Waals surface area (Å²) in [4.78, 5) is 43.2. The van der Waals surface area contributed by atoms with Gasteiger partial charge in [0.1, 0.15) is 0 Å². The highest BCUT2D eigenvalue weighted by molar-refractivity contribution is 6.02. The average Bonchev–Trinajstić information content (AvgIpc) is 2.74. The minimum Gasteiger partial charge on any atom is -0.481 e. The number of carbonyl (C=O) groups is 4. The van der Waals surface area contributed by atoms with E-state index < -0.39 is 23.9 Å². The van der Waals surface area contributed by atoms with Gasteiger partial charge in [-0.15, -0.1) is 0 Å². The number of benzene rings is 3. The molecular weight excluding hydrogens is 404 g/mol. The number of rotatable bonds is 6. The second-order valence-electron chi connectivity index (χ2n) is 6.23. The Labute approximate surface area is 176 Å². The molecule has 0 aromatic heterocycles. The lowest BCUT2D eigenvalue weighted by Crippen LogP contribution is -2.07. The minimum absolute atomic E-state index is 0.0462. The Morgan fingerprint density at radius 2 is 0.871 bits per heavy atom. The summed E-state index contributed by atoms with van der Waals surface area (Å²) in [5.41, 5.74) is 1.36. The Bertz CT molecular complexity index is 1080. The van der Waals surface area contributed by atoms with Crippen molar-refractivity contribution in [2.45, 2.75) is 6.42 Å². The van der Waals surface area contributed by atoms with Crippen LogP contribution in [0.15, 0.2) is 72.8 Å². The summed E-state index contributed by atoms with van der Waals surface area (Å²) in [6.07, 6.45) is -0.261. The van der Waals surface area contributed by atoms with Gasteiger partial charge >= 0.3 is 23.9 Å². The van der Waals surface area contributed by atoms with E-state index in [1.807, 2.05) is 0 Å². The highest BCUT2D eigenvalue weighted by atomic mass is 16.4. The fourth-order valence-electron chi connectivity index (χ4n) is 2.85. The predicted molar refractivity (Wildman–Crippen MR) is 111 cm³/mol. The molecule has 0 atom stereocenters. The van der Waals surface area contributed by atoms with Crippen LogP contribution in [-0.4, -0.2) is 44.3 Å². The van der Waals surface area contributed by atoms with Crippen LogP contribution in [0.2, 0.25) is 0 Å². The van der Waals surface area contributed by atoms with Gasteiger partial charge in [0.25, 0.3) is 0 Å². The predicted octanol–water partition coefficient (Wildman–Crippen LogP) is 3.76. The van der Waals surface area contributed by atoms with Crippen LogP contribution in [0.4, 0.5) is 0 Å². The molecule has 0 amide bonds. The average molecular weight is 422 g/mol. The maximum absolute atomic E-state index is 11.1. The maximum Gasteiger partial charge on any atom is 0.336 e. The van der Waals surface area contributed by atoms with Gasteiger partial charge in [0.2, 0.25) is 0 Å². The lowest BCUT2D eigenvalue weighted by molar-refractivity contribution is -0.136. The molecule has 0 saturated carbocycles. The third-order valence-corrected chi connectivity index (χ3v) is 4.19. The molecule has 0 unspecified atom stereocenters. The van der Waals surface area contributed by atoms with Gasteiger partial charge in [0, 0.05) is 0 Å². The monoisotopic (exact) mass is 422 g/mol. The van der Waals surface area contributed by atoms with Crippen molar-refractivity contribution < 1.29 is 39.6 Å². The SMILES string of the molecule is O=C(O)Cc1ccccc1C(=O)O.O=C(O)c1ccccc1-c1ccccc1C(=O)O. The van der Waals surface area contributed by atoms with E-state index in [0.29, 0.717) is 16.7 Å². The molecule has 8 nitrogen and oxygen atoms in total. The Morgan fingerprint density at radius 1 is 0.516 bits per heavy atom. The summed E-state index contributed by atoms with van der Waals surface area (Å²) in [5, 5.41) is 35.4. The van der Waals surface area contributed by atoms with Crippen LogP contribution in [0.25, 0.3) is 11.1 Å². The van der Waals surface area contributed by atoms with E-state index in [9.17, 15) is 19.2 Å². The van der Waals surface area contributed by atoms with Crippen LogP contribution >= 0.6 is 0 Å². The topological polar surface area (TPSA) is 149 Å². The lowest BCUT2D eigenvalue weighted by atomic mass is 9.95.